The molecule has 2 saturated heterocycles. The van der Waals surface area contributed by atoms with Crippen molar-refractivity contribution in [2.75, 3.05) is 40.3 Å². The van der Waals surface area contributed by atoms with Gasteiger partial charge in [0.2, 0.25) is 15.9 Å². The zero-order valence-corrected chi connectivity index (χ0v) is 18.0. The number of urea groups is 1. The van der Waals surface area contributed by atoms with Gasteiger partial charge in [0.05, 0.1) is 10.8 Å². The fourth-order valence-electron chi connectivity index (χ4n) is 3.90. The van der Waals surface area contributed by atoms with Crippen molar-refractivity contribution < 1.29 is 18.0 Å². The van der Waals surface area contributed by atoms with Crippen LogP contribution < -0.4 is 5.32 Å². The van der Waals surface area contributed by atoms with Crippen LogP contribution in [0.15, 0.2) is 29.2 Å². The van der Waals surface area contributed by atoms with Crippen molar-refractivity contribution in [2.24, 2.45) is 5.92 Å². The Morgan fingerprint density at radius 1 is 1.07 bits per heavy atom. The van der Waals surface area contributed by atoms with Crippen LogP contribution in [0.3, 0.4) is 0 Å². The molecule has 1 aromatic carbocycles. The smallest absolute Gasteiger partial charge is 0.320 e. The predicted molar refractivity (Wildman–Crippen MR) is 110 cm³/mol. The molecule has 0 aliphatic carbocycles. The van der Waals surface area contributed by atoms with Crippen LogP contribution in [-0.4, -0.2) is 74.7 Å². The Labute approximate surface area is 172 Å². The number of hydrogen-bond donors (Lipinski definition) is 1. The molecule has 2 heterocycles. The Morgan fingerprint density at radius 3 is 2.41 bits per heavy atom. The third kappa shape index (κ3) is 4.90. The summed E-state index contributed by atoms with van der Waals surface area (Å²) >= 11 is 0. The highest BCUT2D eigenvalue weighted by molar-refractivity contribution is 7.89. The van der Waals surface area contributed by atoms with Crippen LogP contribution in [0.4, 0.5) is 4.79 Å². The summed E-state index contributed by atoms with van der Waals surface area (Å²) in [5, 5.41) is 2.88. The van der Waals surface area contributed by atoms with E-state index in [4.69, 9.17) is 0 Å². The molecule has 0 spiro atoms. The lowest BCUT2D eigenvalue weighted by Gasteiger charge is -2.34. The van der Waals surface area contributed by atoms with Crippen molar-refractivity contribution in [3.8, 4) is 0 Å². The summed E-state index contributed by atoms with van der Waals surface area (Å²) in [5.41, 5.74) is 0.551. The SMILES string of the molecule is CN(C)S(=O)(=O)c1ccccc1CNC(=O)[C@@H]1CCCN(C(=O)N2CCCC2)C1. The molecule has 0 radical (unpaired) electrons. The molecule has 0 saturated carbocycles. The Balaban J connectivity index is 1.62. The molecule has 1 aromatic rings. The summed E-state index contributed by atoms with van der Waals surface area (Å²) in [6.07, 6.45) is 3.61. The molecule has 2 fully saturated rings. The van der Waals surface area contributed by atoms with E-state index >= 15 is 0 Å². The van der Waals surface area contributed by atoms with Gasteiger partial charge in [-0.05, 0) is 37.3 Å². The van der Waals surface area contributed by atoms with Crippen molar-refractivity contribution in [1.29, 1.82) is 0 Å². The van der Waals surface area contributed by atoms with E-state index in [1.165, 1.54) is 14.1 Å². The normalized spacial score (nSPS) is 20.2. The lowest BCUT2D eigenvalue weighted by molar-refractivity contribution is -0.126. The predicted octanol–water partition coefficient (Wildman–Crippen LogP) is 1.48. The van der Waals surface area contributed by atoms with Gasteiger partial charge in [0.1, 0.15) is 0 Å². The van der Waals surface area contributed by atoms with Gasteiger partial charge < -0.3 is 15.1 Å². The summed E-state index contributed by atoms with van der Waals surface area (Å²) in [7, 11) is -0.617. The highest BCUT2D eigenvalue weighted by Gasteiger charge is 2.31. The fourth-order valence-corrected chi connectivity index (χ4v) is 5.01. The second-order valence-electron chi connectivity index (χ2n) is 7.87. The van der Waals surface area contributed by atoms with E-state index in [1.807, 2.05) is 4.90 Å². The number of nitrogens with zero attached hydrogens (tertiary/aromatic N) is 3. The molecule has 29 heavy (non-hydrogen) atoms. The minimum atomic E-state index is -3.59. The molecular formula is C20H30N4O4S. The first-order chi connectivity index (χ1) is 13.8. The molecule has 2 aliphatic heterocycles. The molecule has 8 nitrogen and oxygen atoms in total. The molecule has 1 N–H and O–H groups in total. The Bertz CT molecular complexity index is 850. The molecule has 2 aliphatic rings. The van der Waals surface area contributed by atoms with Crippen molar-refractivity contribution in [3.63, 3.8) is 0 Å². The third-order valence-corrected chi connectivity index (χ3v) is 7.54. The van der Waals surface area contributed by atoms with E-state index in [9.17, 15) is 18.0 Å². The quantitative estimate of drug-likeness (QED) is 0.778. The summed E-state index contributed by atoms with van der Waals surface area (Å²) in [6.45, 7) is 2.83. The molecular weight excluding hydrogens is 392 g/mol. The van der Waals surface area contributed by atoms with Gasteiger partial charge >= 0.3 is 6.03 Å². The molecule has 160 valence electrons. The number of nitrogens with one attached hydrogen (secondary N) is 1. The molecule has 0 unspecified atom stereocenters. The van der Waals surface area contributed by atoms with E-state index in [-0.39, 0.29) is 29.3 Å². The zero-order valence-electron chi connectivity index (χ0n) is 17.1. The van der Waals surface area contributed by atoms with Gasteiger partial charge in [-0.3, -0.25) is 4.79 Å². The summed E-state index contributed by atoms with van der Waals surface area (Å²) < 4.78 is 26.2. The number of rotatable bonds is 5. The number of hydrogen-bond acceptors (Lipinski definition) is 4. The van der Waals surface area contributed by atoms with Crippen molar-refractivity contribution in [2.45, 2.75) is 37.1 Å². The summed E-state index contributed by atoms with van der Waals surface area (Å²) in [6, 6.07) is 6.72. The maximum Gasteiger partial charge on any atom is 0.320 e. The molecule has 9 heteroatoms. The minimum absolute atomic E-state index is 0.0300. The van der Waals surface area contributed by atoms with Gasteiger partial charge in [-0.1, -0.05) is 18.2 Å². The van der Waals surface area contributed by atoms with E-state index in [1.54, 1.807) is 29.2 Å². The summed E-state index contributed by atoms with van der Waals surface area (Å²) in [5.74, 6) is -0.408. The van der Waals surface area contributed by atoms with Crippen LogP contribution >= 0.6 is 0 Å². The summed E-state index contributed by atoms with van der Waals surface area (Å²) in [4.78, 5) is 29.2. The Kier molecular flexibility index (Phi) is 6.79. The van der Waals surface area contributed by atoms with Crippen molar-refractivity contribution in [3.05, 3.63) is 29.8 Å². The number of likely N-dealkylation sites (tertiary alicyclic amines) is 2. The first-order valence-corrected chi connectivity index (χ1v) is 11.6. The standard InChI is InChI=1S/C20H30N4O4S/c1-22(2)29(27,28)18-10-4-3-8-16(18)14-21-19(25)17-9-7-13-24(15-17)20(26)23-11-5-6-12-23/h3-4,8,10,17H,5-7,9,11-15H2,1-2H3,(H,21,25)/t17-/m1/s1. The number of amides is 3. The van der Waals surface area contributed by atoms with Gasteiger partial charge in [0.15, 0.2) is 0 Å². The van der Waals surface area contributed by atoms with Gasteiger partial charge in [-0.15, -0.1) is 0 Å². The lowest BCUT2D eigenvalue weighted by Crippen LogP contribution is -2.49. The second-order valence-corrected chi connectivity index (χ2v) is 10.00. The van der Waals surface area contributed by atoms with Crippen molar-refractivity contribution >= 4 is 22.0 Å². The monoisotopic (exact) mass is 422 g/mol. The lowest BCUT2D eigenvalue weighted by atomic mass is 9.97. The van der Waals surface area contributed by atoms with Crippen LogP contribution in [0.5, 0.6) is 0 Å². The van der Waals surface area contributed by atoms with E-state index < -0.39 is 10.0 Å². The third-order valence-electron chi connectivity index (χ3n) is 5.62. The number of piperidine rings is 1. The average molecular weight is 423 g/mol. The minimum Gasteiger partial charge on any atom is -0.352 e. The Morgan fingerprint density at radius 2 is 1.72 bits per heavy atom. The van der Waals surface area contributed by atoms with Gasteiger partial charge in [-0.25, -0.2) is 17.5 Å². The first kappa shape index (κ1) is 21.6. The van der Waals surface area contributed by atoms with Crippen LogP contribution in [-0.2, 0) is 21.4 Å². The van der Waals surface area contributed by atoms with E-state index in [2.05, 4.69) is 5.32 Å². The number of carbonyl (C=O) groups excluding carboxylic acids is 2. The first-order valence-electron chi connectivity index (χ1n) is 10.1. The second kappa shape index (κ2) is 9.13. The number of carbonyl (C=O) groups is 2. The Hall–Kier alpha value is -2.13. The molecule has 3 rings (SSSR count). The molecule has 0 bridgehead atoms. The number of sulfonamides is 1. The van der Waals surface area contributed by atoms with E-state index in [0.717, 1.165) is 43.1 Å². The topological polar surface area (TPSA) is 90.0 Å². The van der Waals surface area contributed by atoms with Crippen LogP contribution in [0, 0.1) is 5.92 Å². The van der Waals surface area contributed by atoms with Gasteiger partial charge in [0.25, 0.3) is 0 Å². The largest absolute Gasteiger partial charge is 0.352 e. The fraction of sp³-hybridized carbons (Fsp3) is 0.600. The highest BCUT2D eigenvalue weighted by Crippen LogP contribution is 2.21. The van der Waals surface area contributed by atoms with Crippen LogP contribution in [0.2, 0.25) is 0 Å². The van der Waals surface area contributed by atoms with Gasteiger partial charge in [0, 0.05) is 46.8 Å². The molecule has 3 amide bonds. The maximum absolute atomic E-state index is 12.7. The van der Waals surface area contributed by atoms with Crippen molar-refractivity contribution in [1.82, 2.24) is 19.4 Å². The number of benzene rings is 1. The zero-order chi connectivity index (χ0) is 21.0. The maximum atomic E-state index is 12.7. The van der Waals surface area contributed by atoms with E-state index in [0.29, 0.717) is 18.7 Å². The molecule has 1 atom stereocenters. The molecule has 0 aromatic heterocycles. The van der Waals surface area contributed by atoms with Crippen LogP contribution in [0.25, 0.3) is 0 Å². The average Bonchev–Trinajstić information content (AvgIpc) is 3.26. The highest BCUT2D eigenvalue weighted by atomic mass is 32.2. The van der Waals surface area contributed by atoms with Crippen LogP contribution in [0.1, 0.15) is 31.2 Å². The van der Waals surface area contributed by atoms with Gasteiger partial charge in [-0.2, -0.15) is 0 Å².